The minimum absolute atomic E-state index is 0.0282. The maximum atomic E-state index is 13.8. The van der Waals surface area contributed by atoms with Crippen molar-refractivity contribution in [2.75, 3.05) is 39.5 Å². The minimum atomic E-state index is -3.82. The van der Waals surface area contributed by atoms with Gasteiger partial charge < -0.3 is 17.9 Å². The molecule has 0 atom stereocenters. The molecule has 8 nitrogen and oxygen atoms in total. The van der Waals surface area contributed by atoms with Crippen molar-refractivity contribution in [2.45, 2.75) is 103 Å². The van der Waals surface area contributed by atoms with Crippen molar-refractivity contribution in [3.8, 4) is 0 Å². The van der Waals surface area contributed by atoms with Crippen molar-refractivity contribution < 1.29 is 30.9 Å². The Hall–Kier alpha value is -0.366. The van der Waals surface area contributed by atoms with E-state index in [4.69, 9.17) is 17.9 Å². The van der Waals surface area contributed by atoms with Crippen LogP contribution in [0.25, 0.3) is 0 Å². The van der Waals surface area contributed by atoms with Crippen LogP contribution in [0.4, 0.5) is 0 Å². The van der Waals surface area contributed by atoms with E-state index >= 15 is 0 Å². The van der Waals surface area contributed by atoms with Gasteiger partial charge in [0.25, 0.3) is 0 Å². The van der Waals surface area contributed by atoms with Crippen LogP contribution in [0.2, 0.25) is 36.3 Å². The first kappa shape index (κ1) is 36.7. The van der Waals surface area contributed by atoms with E-state index in [2.05, 4.69) is 67.7 Å². The molecule has 0 aliphatic heterocycles. The normalized spacial score (nSPS) is 14.3. The largest absolute Gasteiger partial charge is 0.415 e. The molecule has 0 bridgehead atoms. The number of hydrogen-bond donors (Lipinski definition) is 0. The number of rotatable bonds is 16. The third-order valence-electron chi connectivity index (χ3n) is 7.81. The first-order valence-corrected chi connectivity index (χ1v) is 22.9. The second-order valence-corrected chi connectivity index (χ2v) is 26.5. The molecule has 0 spiro atoms. The summed E-state index contributed by atoms with van der Waals surface area (Å²) < 4.78 is 65.3. The Labute approximate surface area is 241 Å². The van der Waals surface area contributed by atoms with Gasteiger partial charge in [0.1, 0.15) is 0 Å². The molecule has 0 saturated carbocycles. The van der Waals surface area contributed by atoms with Crippen molar-refractivity contribution in [2.24, 2.45) is 0 Å². The summed E-state index contributed by atoms with van der Waals surface area (Å²) in [6, 6.07) is 6.47. The molecule has 0 fully saturated rings. The SMILES string of the molecule is CCOP(=O)(Cc1ccc(S(=O)(=O)N(CCO[Si](C)(C)C(C)(C)C)CCO[Si](C)(C)C(C)(C)C)cc1)OCC. The number of hydrogen-bond acceptors (Lipinski definition) is 7. The number of nitrogens with zero attached hydrogens (tertiary/aromatic N) is 1. The molecular formula is C27H54NO7PSSi2. The van der Waals surface area contributed by atoms with Crippen molar-refractivity contribution in [3.05, 3.63) is 29.8 Å². The second kappa shape index (κ2) is 14.2. The highest BCUT2D eigenvalue weighted by atomic mass is 32.2. The van der Waals surface area contributed by atoms with Gasteiger partial charge in [0.15, 0.2) is 16.6 Å². The third-order valence-corrected chi connectivity index (χ3v) is 20.9. The molecule has 0 amide bonds. The van der Waals surface area contributed by atoms with Gasteiger partial charge in [-0.05, 0) is 67.8 Å². The monoisotopic (exact) mass is 623 g/mol. The summed E-state index contributed by atoms with van der Waals surface area (Å²) in [5.74, 6) is 0. The smallest absolute Gasteiger partial charge is 0.335 e. The Morgan fingerprint density at radius 1 is 0.769 bits per heavy atom. The minimum Gasteiger partial charge on any atom is -0.415 e. The molecule has 0 aliphatic carbocycles. The van der Waals surface area contributed by atoms with Crippen LogP contribution in [0, 0.1) is 0 Å². The van der Waals surface area contributed by atoms with E-state index in [1.807, 2.05) is 0 Å². The second-order valence-electron chi connectivity index (χ2n) is 12.9. The Morgan fingerprint density at radius 2 is 1.15 bits per heavy atom. The summed E-state index contributed by atoms with van der Waals surface area (Å²) in [6.45, 7) is 26.8. The fraction of sp³-hybridized carbons (Fsp3) is 0.778. The highest BCUT2D eigenvalue weighted by molar-refractivity contribution is 7.89. The van der Waals surface area contributed by atoms with Gasteiger partial charge in [0.2, 0.25) is 10.0 Å². The van der Waals surface area contributed by atoms with Gasteiger partial charge in [-0.3, -0.25) is 4.57 Å². The zero-order chi connectivity index (χ0) is 30.3. The van der Waals surface area contributed by atoms with Crippen LogP contribution in [-0.4, -0.2) is 68.9 Å². The van der Waals surface area contributed by atoms with Crippen molar-refractivity contribution in [1.29, 1.82) is 0 Å². The molecule has 1 aromatic rings. The molecule has 0 aliphatic rings. The maximum Gasteiger partial charge on any atom is 0.335 e. The lowest BCUT2D eigenvalue weighted by Gasteiger charge is -2.37. The van der Waals surface area contributed by atoms with Crippen LogP contribution in [0.1, 0.15) is 61.0 Å². The maximum absolute atomic E-state index is 13.8. The summed E-state index contributed by atoms with van der Waals surface area (Å²) in [4.78, 5) is 0.175. The summed E-state index contributed by atoms with van der Waals surface area (Å²) >= 11 is 0. The number of benzene rings is 1. The van der Waals surface area contributed by atoms with Gasteiger partial charge in [0.05, 0.1) is 24.3 Å². The van der Waals surface area contributed by atoms with E-state index in [0.717, 1.165) is 0 Å². The fourth-order valence-corrected chi connectivity index (χ4v) is 8.43. The Bertz CT molecular complexity index is 1010. The third kappa shape index (κ3) is 10.8. The van der Waals surface area contributed by atoms with E-state index in [1.165, 1.54) is 4.31 Å². The first-order chi connectivity index (χ1) is 17.6. The fourth-order valence-electron chi connectivity index (χ4n) is 3.25. The van der Waals surface area contributed by atoms with Crippen LogP contribution in [0.3, 0.4) is 0 Å². The average molecular weight is 624 g/mol. The Morgan fingerprint density at radius 3 is 1.49 bits per heavy atom. The van der Waals surface area contributed by atoms with Crippen molar-refractivity contribution in [3.63, 3.8) is 0 Å². The standard InChI is InChI=1S/C27H54NO7PSSi2/c1-13-32-36(29,33-14-2)23-24-15-17-25(18-16-24)37(30,31)28(19-21-34-38(9,10)26(3,4)5)20-22-35-39(11,12)27(6,7)8/h15-18H,13-14,19-23H2,1-12H3. The molecule has 39 heavy (non-hydrogen) atoms. The molecule has 0 saturated heterocycles. The van der Waals surface area contributed by atoms with Crippen LogP contribution in [-0.2, 0) is 38.6 Å². The highest BCUT2D eigenvalue weighted by Gasteiger charge is 2.39. The summed E-state index contributed by atoms with van der Waals surface area (Å²) in [5.41, 5.74) is 0.688. The number of sulfonamides is 1. The van der Waals surface area contributed by atoms with Crippen LogP contribution in [0.15, 0.2) is 29.2 Å². The van der Waals surface area contributed by atoms with Gasteiger partial charge in [-0.25, -0.2) is 8.42 Å². The summed E-state index contributed by atoms with van der Waals surface area (Å²) in [5, 5.41) is 0.0563. The molecule has 12 heteroatoms. The Balaban J connectivity index is 3.17. The summed E-state index contributed by atoms with van der Waals surface area (Å²) in [7, 11) is -11.2. The van der Waals surface area contributed by atoms with E-state index in [9.17, 15) is 13.0 Å². The molecule has 0 aromatic heterocycles. The zero-order valence-corrected chi connectivity index (χ0v) is 30.1. The average Bonchev–Trinajstić information content (AvgIpc) is 2.77. The molecule has 0 heterocycles. The van der Waals surface area contributed by atoms with Gasteiger partial charge in [-0.2, -0.15) is 4.31 Å². The van der Waals surface area contributed by atoms with Crippen LogP contribution in [0.5, 0.6) is 0 Å². The van der Waals surface area contributed by atoms with Crippen molar-refractivity contribution in [1.82, 2.24) is 4.31 Å². The molecule has 0 radical (unpaired) electrons. The molecule has 0 unspecified atom stereocenters. The highest BCUT2D eigenvalue weighted by Crippen LogP contribution is 2.51. The summed E-state index contributed by atoms with van der Waals surface area (Å²) in [6.07, 6.45) is 0.0828. The topological polar surface area (TPSA) is 91.4 Å². The lowest BCUT2D eigenvalue weighted by molar-refractivity contribution is 0.218. The van der Waals surface area contributed by atoms with E-state index in [0.29, 0.717) is 18.8 Å². The van der Waals surface area contributed by atoms with Crippen molar-refractivity contribution >= 4 is 34.3 Å². The van der Waals surface area contributed by atoms with E-state index in [-0.39, 0.29) is 47.4 Å². The predicted molar refractivity (Wildman–Crippen MR) is 166 cm³/mol. The molecule has 228 valence electrons. The molecule has 1 aromatic carbocycles. The lowest BCUT2D eigenvalue weighted by atomic mass is 10.2. The van der Waals surface area contributed by atoms with Gasteiger partial charge >= 0.3 is 7.60 Å². The quantitative estimate of drug-likeness (QED) is 0.139. The molecule has 0 N–H and O–H groups in total. The predicted octanol–water partition coefficient (Wildman–Crippen LogP) is 7.49. The van der Waals surface area contributed by atoms with Crippen LogP contribution < -0.4 is 0 Å². The molecular weight excluding hydrogens is 570 g/mol. The van der Waals surface area contributed by atoms with Gasteiger partial charge in [0, 0.05) is 26.3 Å². The zero-order valence-electron chi connectivity index (χ0n) is 26.4. The Kier molecular flexibility index (Phi) is 13.3. The lowest BCUT2D eigenvalue weighted by Crippen LogP contribution is -2.45. The molecule has 1 rings (SSSR count). The van der Waals surface area contributed by atoms with Gasteiger partial charge in [-0.15, -0.1) is 0 Å². The van der Waals surface area contributed by atoms with E-state index in [1.54, 1.807) is 38.1 Å². The first-order valence-electron chi connectivity index (χ1n) is 13.9. The van der Waals surface area contributed by atoms with Gasteiger partial charge in [-0.1, -0.05) is 53.7 Å². The van der Waals surface area contributed by atoms with E-state index < -0.39 is 34.3 Å². The van der Waals surface area contributed by atoms with Crippen LogP contribution >= 0.6 is 7.60 Å².